The second-order valence-electron chi connectivity index (χ2n) is 4.34. The van der Waals surface area contributed by atoms with Gasteiger partial charge in [0.15, 0.2) is 6.10 Å². The molecule has 1 aromatic rings. The van der Waals surface area contributed by atoms with Crippen LogP contribution in [0.2, 0.25) is 0 Å². The molecule has 1 atom stereocenters. The van der Waals surface area contributed by atoms with Crippen LogP contribution in [-0.4, -0.2) is 36.5 Å². The van der Waals surface area contributed by atoms with E-state index in [1.54, 1.807) is 0 Å². The van der Waals surface area contributed by atoms with Crippen molar-refractivity contribution in [2.75, 3.05) is 13.6 Å². The van der Waals surface area contributed by atoms with Gasteiger partial charge in [0.05, 0.1) is 18.1 Å². The average molecular weight is 357 g/mol. The Hall–Kier alpha value is -1.94. The molecule has 0 N–H and O–H groups in total. The van der Waals surface area contributed by atoms with Gasteiger partial charge >= 0.3 is 5.97 Å². The minimum atomic E-state index is -0.988. The van der Waals surface area contributed by atoms with E-state index in [0.717, 1.165) is 12.1 Å². The van der Waals surface area contributed by atoms with Crippen LogP contribution >= 0.6 is 15.9 Å². The number of benzene rings is 1. The molecule has 0 bridgehead atoms. The summed E-state index contributed by atoms with van der Waals surface area (Å²) in [6, 6.07) is 5.48. The molecule has 0 aliphatic rings. The molecule has 1 rings (SSSR count). The van der Waals surface area contributed by atoms with Crippen LogP contribution in [0, 0.1) is 17.1 Å². The number of carbonyl (C=O) groups is 2. The van der Waals surface area contributed by atoms with Crippen molar-refractivity contribution in [2.24, 2.45) is 0 Å². The van der Waals surface area contributed by atoms with Crippen LogP contribution in [0.5, 0.6) is 0 Å². The number of halogens is 2. The number of hydrogen-bond donors (Lipinski definition) is 0. The highest BCUT2D eigenvalue weighted by atomic mass is 79.9. The second kappa shape index (κ2) is 7.74. The molecule has 5 nitrogen and oxygen atoms in total. The second-order valence-corrected chi connectivity index (χ2v) is 5.19. The Morgan fingerprint density at radius 3 is 2.76 bits per heavy atom. The molecule has 0 spiro atoms. The van der Waals surface area contributed by atoms with E-state index in [2.05, 4.69) is 15.9 Å². The van der Waals surface area contributed by atoms with Gasteiger partial charge in [0.1, 0.15) is 5.82 Å². The number of likely N-dealkylation sites (N-methyl/N-ethyl adjacent to an activating group) is 1. The molecule has 0 saturated carbocycles. The van der Waals surface area contributed by atoms with Crippen LogP contribution in [-0.2, 0) is 9.53 Å². The molecular weight excluding hydrogens is 343 g/mol. The number of hydrogen-bond acceptors (Lipinski definition) is 4. The minimum absolute atomic E-state index is 0.135. The molecule has 0 unspecified atom stereocenters. The quantitative estimate of drug-likeness (QED) is 0.760. The van der Waals surface area contributed by atoms with Crippen LogP contribution < -0.4 is 0 Å². The third-order valence-electron chi connectivity index (χ3n) is 2.72. The first kappa shape index (κ1) is 17.1. The molecule has 7 heteroatoms. The third-order valence-corrected chi connectivity index (χ3v) is 3.37. The number of ether oxygens (including phenoxy) is 1. The number of rotatable bonds is 5. The minimum Gasteiger partial charge on any atom is -0.449 e. The highest BCUT2D eigenvalue weighted by Gasteiger charge is 2.23. The molecule has 0 fully saturated rings. The molecule has 0 saturated heterocycles. The smallest absolute Gasteiger partial charge is 0.340 e. The normalized spacial score (nSPS) is 11.4. The van der Waals surface area contributed by atoms with E-state index >= 15 is 0 Å². The maximum atomic E-state index is 13.0. The highest BCUT2D eigenvalue weighted by Crippen LogP contribution is 2.19. The van der Waals surface area contributed by atoms with Gasteiger partial charge in [-0.2, -0.15) is 5.26 Å². The predicted molar refractivity (Wildman–Crippen MR) is 76.8 cm³/mol. The number of carbonyl (C=O) groups excluding carboxylic acids is 2. The van der Waals surface area contributed by atoms with Crippen molar-refractivity contribution in [3.05, 3.63) is 34.1 Å². The Labute approximate surface area is 130 Å². The Morgan fingerprint density at radius 1 is 1.52 bits per heavy atom. The van der Waals surface area contributed by atoms with Gasteiger partial charge in [-0.05, 0) is 41.1 Å². The maximum absolute atomic E-state index is 13.0. The summed E-state index contributed by atoms with van der Waals surface area (Å²) in [6.45, 7) is 1.71. The Morgan fingerprint density at radius 2 is 2.19 bits per heavy atom. The molecule has 112 valence electrons. The van der Waals surface area contributed by atoms with Crippen molar-refractivity contribution in [2.45, 2.75) is 19.4 Å². The van der Waals surface area contributed by atoms with Crippen LogP contribution in [0.3, 0.4) is 0 Å². The number of amides is 1. The predicted octanol–water partition coefficient (Wildman–Crippen LogP) is 2.51. The van der Waals surface area contributed by atoms with Gasteiger partial charge in [-0.25, -0.2) is 9.18 Å². The van der Waals surface area contributed by atoms with Gasteiger partial charge in [-0.3, -0.25) is 4.79 Å². The van der Waals surface area contributed by atoms with E-state index in [0.29, 0.717) is 0 Å². The first-order valence-electron chi connectivity index (χ1n) is 6.14. The molecule has 1 aromatic carbocycles. The maximum Gasteiger partial charge on any atom is 0.340 e. The fourth-order valence-corrected chi connectivity index (χ4v) is 2.08. The molecule has 0 heterocycles. The lowest BCUT2D eigenvalue weighted by Crippen LogP contribution is -2.37. The van der Waals surface area contributed by atoms with Crippen LogP contribution in [0.4, 0.5) is 4.39 Å². The van der Waals surface area contributed by atoms with E-state index < -0.39 is 23.8 Å². The summed E-state index contributed by atoms with van der Waals surface area (Å²) >= 11 is 3.07. The fraction of sp³-hybridized carbons (Fsp3) is 0.357. The van der Waals surface area contributed by atoms with Crippen molar-refractivity contribution in [3.63, 3.8) is 0 Å². The van der Waals surface area contributed by atoms with E-state index in [4.69, 9.17) is 10.00 Å². The van der Waals surface area contributed by atoms with Gasteiger partial charge in [-0.15, -0.1) is 0 Å². The van der Waals surface area contributed by atoms with Gasteiger partial charge < -0.3 is 9.64 Å². The highest BCUT2D eigenvalue weighted by molar-refractivity contribution is 9.10. The SMILES string of the molecule is C[C@@H](OC(=O)c1ccc(F)cc1Br)C(=O)N(C)CCC#N. The van der Waals surface area contributed by atoms with Crippen molar-refractivity contribution < 1.29 is 18.7 Å². The molecule has 21 heavy (non-hydrogen) atoms. The third kappa shape index (κ3) is 4.83. The van der Waals surface area contributed by atoms with E-state index in [1.165, 1.54) is 24.9 Å². The summed E-state index contributed by atoms with van der Waals surface area (Å²) in [5.41, 5.74) is 0.135. The monoisotopic (exact) mass is 356 g/mol. The summed E-state index contributed by atoms with van der Waals surface area (Å²) in [7, 11) is 1.53. The average Bonchev–Trinajstić information content (AvgIpc) is 2.43. The lowest BCUT2D eigenvalue weighted by atomic mass is 10.2. The Bertz CT molecular complexity index is 586. The summed E-state index contributed by atoms with van der Waals surface area (Å²) in [6.07, 6.45) is -0.787. The summed E-state index contributed by atoms with van der Waals surface area (Å²) < 4.78 is 18.3. The van der Waals surface area contributed by atoms with Crippen molar-refractivity contribution in [1.82, 2.24) is 4.90 Å². The first-order valence-corrected chi connectivity index (χ1v) is 6.94. The summed E-state index contributed by atoms with van der Waals surface area (Å²) in [5, 5.41) is 8.47. The van der Waals surface area contributed by atoms with Gasteiger partial charge in [0.2, 0.25) is 0 Å². The summed E-state index contributed by atoms with van der Waals surface area (Å²) in [4.78, 5) is 25.2. The summed E-state index contributed by atoms with van der Waals surface area (Å²) in [5.74, 6) is -1.62. The standard InChI is InChI=1S/C14H14BrFN2O3/c1-9(13(19)18(2)7-3-6-17)21-14(20)11-5-4-10(16)8-12(11)15/h4-5,8-9H,3,7H2,1-2H3/t9-/m1/s1. The lowest BCUT2D eigenvalue weighted by molar-refractivity contribution is -0.138. The van der Waals surface area contributed by atoms with Gasteiger partial charge in [0, 0.05) is 18.1 Å². The number of nitriles is 1. The molecule has 0 aliphatic heterocycles. The van der Waals surface area contributed by atoms with Crippen molar-refractivity contribution in [1.29, 1.82) is 5.26 Å². The first-order chi connectivity index (χ1) is 9.86. The van der Waals surface area contributed by atoms with Gasteiger partial charge in [-0.1, -0.05) is 0 Å². The zero-order valence-electron chi connectivity index (χ0n) is 11.6. The molecule has 0 radical (unpaired) electrons. The van der Waals surface area contributed by atoms with E-state index in [9.17, 15) is 14.0 Å². The van der Waals surface area contributed by atoms with Crippen LogP contribution in [0.25, 0.3) is 0 Å². The molecular formula is C14H14BrFN2O3. The number of nitrogens with zero attached hydrogens (tertiary/aromatic N) is 2. The zero-order chi connectivity index (χ0) is 16.0. The Kier molecular flexibility index (Phi) is 6.31. The van der Waals surface area contributed by atoms with Gasteiger partial charge in [0.25, 0.3) is 5.91 Å². The van der Waals surface area contributed by atoms with Crippen molar-refractivity contribution in [3.8, 4) is 6.07 Å². The fourth-order valence-electron chi connectivity index (χ4n) is 1.57. The largest absolute Gasteiger partial charge is 0.449 e. The molecule has 0 aliphatic carbocycles. The molecule has 1 amide bonds. The van der Waals surface area contributed by atoms with E-state index in [1.807, 2.05) is 6.07 Å². The van der Waals surface area contributed by atoms with Crippen LogP contribution in [0.15, 0.2) is 22.7 Å². The Balaban J connectivity index is 2.69. The van der Waals surface area contributed by atoms with E-state index in [-0.39, 0.29) is 23.0 Å². The van der Waals surface area contributed by atoms with Crippen LogP contribution in [0.1, 0.15) is 23.7 Å². The zero-order valence-corrected chi connectivity index (χ0v) is 13.2. The lowest BCUT2D eigenvalue weighted by Gasteiger charge is -2.20. The molecule has 0 aromatic heterocycles. The van der Waals surface area contributed by atoms with Crippen molar-refractivity contribution >= 4 is 27.8 Å². The number of esters is 1. The topological polar surface area (TPSA) is 70.4 Å².